The van der Waals surface area contributed by atoms with Gasteiger partial charge in [-0.1, -0.05) is 6.92 Å². The average Bonchev–Trinajstić information content (AvgIpc) is 2.81. The molecule has 0 spiro atoms. The Morgan fingerprint density at radius 1 is 1.55 bits per heavy atom. The summed E-state index contributed by atoms with van der Waals surface area (Å²) in [4.78, 5) is -0.0738. The van der Waals surface area contributed by atoms with Gasteiger partial charge in [0.15, 0.2) is 11.6 Å². The number of nitrogens with one attached hydrogen (secondary N) is 1. The molecule has 1 aliphatic heterocycles. The SMILES string of the molecule is CCC(C)NS(=O)(=O)c1cc(F)c2c(c1)CC(CN)O2. The number of nitrogens with two attached hydrogens (primary N) is 1. The van der Waals surface area contributed by atoms with Gasteiger partial charge in [-0.25, -0.2) is 17.5 Å². The fraction of sp³-hybridized carbons (Fsp3) is 0.538. The number of sulfonamides is 1. The zero-order chi connectivity index (χ0) is 14.9. The molecule has 2 atom stereocenters. The van der Waals surface area contributed by atoms with Gasteiger partial charge in [0, 0.05) is 24.6 Å². The van der Waals surface area contributed by atoms with Crippen LogP contribution in [0.5, 0.6) is 5.75 Å². The van der Waals surface area contributed by atoms with Gasteiger partial charge in [0.25, 0.3) is 0 Å². The molecular weight excluding hydrogens is 283 g/mol. The van der Waals surface area contributed by atoms with Gasteiger partial charge in [0.1, 0.15) is 6.10 Å². The van der Waals surface area contributed by atoms with Crippen molar-refractivity contribution in [2.24, 2.45) is 5.73 Å². The van der Waals surface area contributed by atoms with Gasteiger partial charge in [-0.3, -0.25) is 0 Å². The first-order valence-electron chi connectivity index (χ1n) is 6.58. The van der Waals surface area contributed by atoms with E-state index in [0.717, 1.165) is 6.07 Å². The van der Waals surface area contributed by atoms with Crippen molar-refractivity contribution in [2.75, 3.05) is 6.54 Å². The quantitative estimate of drug-likeness (QED) is 0.855. The van der Waals surface area contributed by atoms with Gasteiger partial charge in [-0.05, 0) is 25.5 Å². The van der Waals surface area contributed by atoms with Crippen molar-refractivity contribution in [3.05, 3.63) is 23.5 Å². The lowest BCUT2D eigenvalue weighted by atomic mass is 10.1. The van der Waals surface area contributed by atoms with Crippen LogP contribution in [0.1, 0.15) is 25.8 Å². The summed E-state index contributed by atoms with van der Waals surface area (Å²) in [6.45, 7) is 3.90. The lowest BCUT2D eigenvalue weighted by Crippen LogP contribution is -2.32. The van der Waals surface area contributed by atoms with Crippen LogP contribution in [-0.4, -0.2) is 27.1 Å². The standard InChI is InChI=1S/C13H19FN2O3S/c1-3-8(2)16-20(17,18)11-5-9-4-10(7-15)19-13(9)12(14)6-11/h5-6,8,10,16H,3-4,7,15H2,1-2H3. The van der Waals surface area contributed by atoms with E-state index < -0.39 is 15.8 Å². The van der Waals surface area contributed by atoms with Crippen LogP contribution >= 0.6 is 0 Å². The molecule has 112 valence electrons. The zero-order valence-electron chi connectivity index (χ0n) is 11.5. The first-order chi connectivity index (χ1) is 9.37. The van der Waals surface area contributed by atoms with E-state index in [-0.39, 0.29) is 29.3 Å². The number of halogens is 1. The van der Waals surface area contributed by atoms with Crippen LogP contribution in [0.3, 0.4) is 0 Å². The molecule has 1 heterocycles. The highest BCUT2D eigenvalue weighted by Gasteiger charge is 2.28. The molecule has 2 unspecified atom stereocenters. The molecule has 1 aromatic carbocycles. The van der Waals surface area contributed by atoms with Gasteiger partial charge < -0.3 is 10.5 Å². The molecule has 0 bridgehead atoms. The third-order valence-corrected chi connectivity index (χ3v) is 4.94. The zero-order valence-corrected chi connectivity index (χ0v) is 12.3. The van der Waals surface area contributed by atoms with E-state index in [4.69, 9.17) is 10.5 Å². The van der Waals surface area contributed by atoms with Crippen LogP contribution in [0.25, 0.3) is 0 Å². The minimum atomic E-state index is -3.72. The van der Waals surface area contributed by atoms with Gasteiger partial charge in [-0.15, -0.1) is 0 Å². The van der Waals surface area contributed by atoms with Gasteiger partial charge >= 0.3 is 0 Å². The Morgan fingerprint density at radius 3 is 2.85 bits per heavy atom. The summed E-state index contributed by atoms with van der Waals surface area (Å²) in [5.74, 6) is -0.550. The third kappa shape index (κ3) is 2.94. The van der Waals surface area contributed by atoms with Crippen LogP contribution in [0.2, 0.25) is 0 Å². The molecule has 1 aliphatic rings. The second-order valence-corrected chi connectivity index (χ2v) is 6.72. The summed E-state index contributed by atoms with van der Waals surface area (Å²) >= 11 is 0. The molecule has 0 aliphatic carbocycles. The topological polar surface area (TPSA) is 81.4 Å². The minimum absolute atomic E-state index is 0.0738. The van der Waals surface area contributed by atoms with Crippen molar-refractivity contribution < 1.29 is 17.5 Å². The van der Waals surface area contributed by atoms with E-state index in [9.17, 15) is 12.8 Å². The lowest BCUT2D eigenvalue weighted by Gasteiger charge is -2.13. The van der Waals surface area contributed by atoms with E-state index in [2.05, 4.69) is 4.72 Å². The largest absolute Gasteiger partial charge is 0.485 e. The predicted octanol–water partition coefficient (Wildman–Crippen LogP) is 1.16. The molecule has 0 radical (unpaired) electrons. The average molecular weight is 302 g/mol. The second-order valence-electron chi connectivity index (χ2n) is 5.00. The Balaban J connectivity index is 2.34. The molecule has 0 saturated carbocycles. The fourth-order valence-electron chi connectivity index (χ4n) is 2.06. The number of ether oxygens (including phenoxy) is 1. The maximum absolute atomic E-state index is 14.0. The maximum atomic E-state index is 14.0. The van der Waals surface area contributed by atoms with Crippen LogP contribution < -0.4 is 15.2 Å². The van der Waals surface area contributed by atoms with Gasteiger partial charge in [0.05, 0.1) is 4.90 Å². The Kier molecular flexibility index (Phi) is 4.31. The van der Waals surface area contributed by atoms with E-state index in [0.29, 0.717) is 18.4 Å². The van der Waals surface area contributed by atoms with Crippen molar-refractivity contribution in [3.8, 4) is 5.75 Å². The molecule has 0 saturated heterocycles. The van der Waals surface area contributed by atoms with Crippen molar-refractivity contribution in [1.29, 1.82) is 0 Å². The number of fused-ring (bicyclic) bond motifs is 1. The summed E-state index contributed by atoms with van der Waals surface area (Å²) in [5, 5.41) is 0. The van der Waals surface area contributed by atoms with Crippen molar-refractivity contribution >= 4 is 10.0 Å². The Bertz CT molecular complexity index is 604. The van der Waals surface area contributed by atoms with Crippen LogP contribution in [0.4, 0.5) is 4.39 Å². The van der Waals surface area contributed by atoms with Gasteiger partial charge in [-0.2, -0.15) is 0 Å². The highest BCUT2D eigenvalue weighted by molar-refractivity contribution is 7.89. The summed E-state index contributed by atoms with van der Waals surface area (Å²) in [7, 11) is -3.72. The highest BCUT2D eigenvalue weighted by atomic mass is 32.2. The first kappa shape index (κ1) is 15.2. The molecule has 0 aromatic heterocycles. The van der Waals surface area contributed by atoms with E-state index in [1.807, 2.05) is 6.92 Å². The van der Waals surface area contributed by atoms with Crippen LogP contribution in [0, 0.1) is 5.82 Å². The predicted molar refractivity (Wildman–Crippen MR) is 73.6 cm³/mol. The molecule has 1 aromatic rings. The molecule has 2 rings (SSSR count). The number of hydrogen-bond donors (Lipinski definition) is 2. The van der Waals surface area contributed by atoms with Crippen LogP contribution in [-0.2, 0) is 16.4 Å². The summed E-state index contributed by atoms with van der Waals surface area (Å²) in [6.07, 6.45) is 0.792. The Labute approximate surface area is 118 Å². The number of rotatable bonds is 5. The summed E-state index contributed by atoms with van der Waals surface area (Å²) < 4.78 is 46.1. The van der Waals surface area contributed by atoms with Crippen LogP contribution in [0.15, 0.2) is 17.0 Å². The monoisotopic (exact) mass is 302 g/mol. The van der Waals surface area contributed by atoms with Crippen molar-refractivity contribution in [1.82, 2.24) is 4.72 Å². The molecule has 7 heteroatoms. The first-order valence-corrected chi connectivity index (χ1v) is 8.07. The van der Waals surface area contributed by atoms with Crippen molar-refractivity contribution in [3.63, 3.8) is 0 Å². The summed E-state index contributed by atoms with van der Waals surface area (Å²) in [6, 6.07) is 2.24. The smallest absolute Gasteiger partial charge is 0.240 e. The normalized spacial score (nSPS) is 19.5. The number of benzene rings is 1. The fourth-order valence-corrected chi connectivity index (χ4v) is 3.45. The highest BCUT2D eigenvalue weighted by Crippen LogP contribution is 2.33. The molecule has 3 N–H and O–H groups in total. The number of hydrogen-bond acceptors (Lipinski definition) is 4. The molecule has 0 fully saturated rings. The van der Waals surface area contributed by atoms with Gasteiger partial charge in [0.2, 0.25) is 10.0 Å². The Hall–Kier alpha value is -1.18. The molecular formula is C13H19FN2O3S. The Morgan fingerprint density at radius 2 is 2.25 bits per heavy atom. The second kappa shape index (κ2) is 5.67. The van der Waals surface area contributed by atoms with E-state index in [1.165, 1.54) is 6.07 Å². The maximum Gasteiger partial charge on any atom is 0.240 e. The lowest BCUT2D eigenvalue weighted by molar-refractivity contribution is 0.232. The molecule has 0 amide bonds. The molecule has 20 heavy (non-hydrogen) atoms. The van der Waals surface area contributed by atoms with Crippen molar-refractivity contribution in [2.45, 2.75) is 43.7 Å². The minimum Gasteiger partial charge on any atom is -0.485 e. The third-order valence-electron chi connectivity index (χ3n) is 3.37. The van der Waals surface area contributed by atoms with E-state index >= 15 is 0 Å². The van der Waals surface area contributed by atoms with E-state index in [1.54, 1.807) is 6.92 Å². The summed E-state index contributed by atoms with van der Waals surface area (Å²) in [5.41, 5.74) is 6.04. The molecule has 5 nitrogen and oxygen atoms in total.